The van der Waals surface area contributed by atoms with Crippen LogP contribution in [0.15, 0.2) is 0 Å². The molecule has 0 spiro atoms. The normalized spacial score (nSPS) is 12.3. The molecule has 0 saturated heterocycles. The summed E-state index contributed by atoms with van der Waals surface area (Å²) < 4.78 is 0. The summed E-state index contributed by atoms with van der Waals surface area (Å²) in [6.07, 6.45) is 8.04. The van der Waals surface area contributed by atoms with Crippen molar-refractivity contribution < 1.29 is 14.7 Å². The second-order valence-electron chi connectivity index (χ2n) is 6.10. The Morgan fingerprint density at radius 1 is 1.25 bits per heavy atom. The molecule has 0 saturated carbocycles. The molecule has 0 aromatic heterocycles. The summed E-state index contributed by atoms with van der Waals surface area (Å²) in [7, 11) is 0. The molecule has 5 heteroatoms. The van der Waals surface area contributed by atoms with Crippen molar-refractivity contribution in [2.24, 2.45) is 11.3 Å². The van der Waals surface area contributed by atoms with Gasteiger partial charge in [0.15, 0.2) is 0 Å². The van der Waals surface area contributed by atoms with Crippen LogP contribution in [0.4, 0.5) is 4.79 Å². The smallest absolute Gasteiger partial charge is 0.314 e. The van der Waals surface area contributed by atoms with Crippen molar-refractivity contribution in [1.29, 1.82) is 0 Å². The van der Waals surface area contributed by atoms with E-state index in [1.165, 1.54) is 0 Å². The Morgan fingerprint density at radius 2 is 1.90 bits per heavy atom. The van der Waals surface area contributed by atoms with Gasteiger partial charge in [0, 0.05) is 19.5 Å². The summed E-state index contributed by atoms with van der Waals surface area (Å²) in [4.78, 5) is 22.6. The monoisotopic (exact) mass is 282 g/mol. The van der Waals surface area contributed by atoms with Gasteiger partial charge in [-0.15, -0.1) is 12.3 Å². The van der Waals surface area contributed by atoms with Gasteiger partial charge in [0.05, 0.1) is 5.92 Å². The third-order valence-electron chi connectivity index (χ3n) is 2.75. The van der Waals surface area contributed by atoms with Crippen molar-refractivity contribution in [3.05, 3.63) is 0 Å². The van der Waals surface area contributed by atoms with Crippen molar-refractivity contribution in [3.63, 3.8) is 0 Å². The van der Waals surface area contributed by atoms with Gasteiger partial charge in [-0.2, -0.15) is 0 Å². The molecule has 3 N–H and O–H groups in total. The molecule has 0 aliphatic heterocycles. The van der Waals surface area contributed by atoms with Gasteiger partial charge in [-0.25, -0.2) is 4.79 Å². The predicted molar refractivity (Wildman–Crippen MR) is 79.3 cm³/mol. The van der Waals surface area contributed by atoms with E-state index in [0.29, 0.717) is 19.4 Å². The minimum Gasteiger partial charge on any atom is -0.481 e. The summed E-state index contributed by atoms with van der Waals surface area (Å²) in [6.45, 7) is 6.63. The molecular weight excluding hydrogens is 256 g/mol. The first-order valence-corrected chi connectivity index (χ1v) is 6.94. The van der Waals surface area contributed by atoms with E-state index in [1.807, 2.05) is 20.8 Å². The van der Waals surface area contributed by atoms with E-state index in [0.717, 1.165) is 12.8 Å². The topological polar surface area (TPSA) is 78.4 Å². The van der Waals surface area contributed by atoms with Gasteiger partial charge in [0.1, 0.15) is 0 Å². The third-order valence-corrected chi connectivity index (χ3v) is 2.75. The summed E-state index contributed by atoms with van der Waals surface area (Å²) in [5, 5.41) is 14.4. The summed E-state index contributed by atoms with van der Waals surface area (Å²) in [5.74, 6) is 1.09. The van der Waals surface area contributed by atoms with Gasteiger partial charge in [-0.1, -0.05) is 20.8 Å². The van der Waals surface area contributed by atoms with Crippen molar-refractivity contribution in [1.82, 2.24) is 10.6 Å². The molecule has 0 fully saturated rings. The van der Waals surface area contributed by atoms with Crippen LogP contribution in [0.2, 0.25) is 0 Å². The zero-order chi connectivity index (χ0) is 15.6. The highest BCUT2D eigenvalue weighted by Gasteiger charge is 2.24. The van der Waals surface area contributed by atoms with E-state index < -0.39 is 11.9 Å². The number of hydrogen-bond donors (Lipinski definition) is 3. The molecule has 0 heterocycles. The van der Waals surface area contributed by atoms with E-state index >= 15 is 0 Å². The maximum atomic E-state index is 11.5. The summed E-state index contributed by atoms with van der Waals surface area (Å²) in [5.41, 5.74) is -0.0869. The lowest BCUT2D eigenvalue weighted by Gasteiger charge is -2.23. The molecule has 1 atom stereocenters. The number of carboxylic acids is 1. The molecule has 0 rings (SSSR count). The fraction of sp³-hybridized carbons (Fsp3) is 0.733. The van der Waals surface area contributed by atoms with Crippen molar-refractivity contribution >= 4 is 12.0 Å². The molecule has 2 amide bonds. The van der Waals surface area contributed by atoms with Crippen LogP contribution in [-0.4, -0.2) is 30.2 Å². The van der Waals surface area contributed by atoms with Crippen LogP contribution in [-0.2, 0) is 4.79 Å². The molecule has 20 heavy (non-hydrogen) atoms. The largest absolute Gasteiger partial charge is 0.481 e. The molecule has 114 valence electrons. The Morgan fingerprint density at radius 3 is 2.40 bits per heavy atom. The lowest BCUT2D eigenvalue weighted by Crippen LogP contribution is -2.41. The first kappa shape index (κ1) is 18.3. The van der Waals surface area contributed by atoms with Crippen LogP contribution in [0.25, 0.3) is 0 Å². The average Bonchev–Trinajstić information content (AvgIpc) is 2.32. The fourth-order valence-electron chi connectivity index (χ4n) is 1.82. The molecule has 0 aromatic carbocycles. The number of carbonyl (C=O) groups is 2. The summed E-state index contributed by atoms with van der Waals surface area (Å²) in [6, 6.07) is -0.328. The molecular formula is C15H26N2O3. The number of nitrogens with one attached hydrogen (secondary N) is 2. The number of urea groups is 1. The van der Waals surface area contributed by atoms with Gasteiger partial charge >= 0.3 is 12.0 Å². The minimum atomic E-state index is -0.880. The van der Waals surface area contributed by atoms with Gasteiger partial charge in [0.25, 0.3) is 0 Å². The third kappa shape index (κ3) is 10.2. The van der Waals surface area contributed by atoms with Gasteiger partial charge in [-0.3, -0.25) is 4.79 Å². The molecule has 5 nitrogen and oxygen atoms in total. The van der Waals surface area contributed by atoms with Gasteiger partial charge in [-0.05, 0) is 24.7 Å². The van der Waals surface area contributed by atoms with Crippen molar-refractivity contribution in [2.45, 2.75) is 46.5 Å². The van der Waals surface area contributed by atoms with Crippen LogP contribution in [0.5, 0.6) is 0 Å². The second-order valence-corrected chi connectivity index (χ2v) is 6.10. The van der Waals surface area contributed by atoms with Crippen molar-refractivity contribution in [3.8, 4) is 12.3 Å². The van der Waals surface area contributed by atoms with Crippen molar-refractivity contribution in [2.75, 3.05) is 13.1 Å². The Bertz CT molecular complexity index is 353. The maximum absolute atomic E-state index is 11.5. The minimum absolute atomic E-state index is 0.0869. The van der Waals surface area contributed by atoms with Crippen LogP contribution < -0.4 is 10.6 Å². The number of hydrogen-bond acceptors (Lipinski definition) is 2. The molecule has 1 unspecified atom stereocenters. The number of amides is 2. The van der Waals surface area contributed by atoms with Gasteiger partial charge < -0.3 is 15.7 Å². The Kier molecular flexibility index (Phi) is 8.46. The Hall–Kier alpha value is -1.70. The first-order valence-electron chi connectivity index (χ1n) is 6.94. The van der Waals surface area contributed by atoms with Crippen LogP contribution in [0.1, 0.15) is 46.5 Å². The molecule has 0 radical (unpaired) electrons. The lowest BCUT2D eigenvalue weighted by atomic mass is 9.84. The highest BCUT2D eigenvalue weighted by atomic mass is 16.4. The zero-order valence-corrected chi connectivity index (χ0v) is 12.7. The van der Waals surface area contributed by atoms with Gasteiger partial charge in [0.2, 0.25) is 0 Å². The number of unbranched alkanes of at least 4 members (excludes halogenated alkanes) is 2. The van der Waals surface area contributed by atoms with E-state index in [9.17, 15) is 9.59 Å². The first-order chi connectivity index (χ1) is 9.26. The zero-order valence-electron chi connectivity index (χ0n) is 12.7. The highest BCUT2D eigenvalue weighted by Crippen LogP contribution is 2.24. The number of terminal acetylenes is 1. The molecule has 0 bridgehead atoms. The van der Waals surface area contributed by atoms with E-state index in [1.54, 1.807) is 0 Å². The second kappa shape index (κ2) is 9.24. The summed E-state index contributed by atoms with van der Waals surface area (Å²) >= 11 is 0. The maximum Gasteiger partial charge on any atom is 0.314 e. The molecule has 0 aromatic rings. The standard InChI is InChI=1S/C15H26N2O3/c1-5-6-7-8-9-16-14(20)17-11-12(13(18)19)10-15(2,3)4/h1,12H,6-11H2,2-4H3,(H,18,19)(H2,16,17,20). The number of carboxylic acid groups (broad SMARTS) is 1. The lowest BCUT2D eigenvalue weighted by molar-refractivity contribution is -0.142. The number of aliphatic carboxylic acids is 1. The SMILES string of the molecule is C#CCCCCNC(=O)NCC(CC(C)(C)C)C(=O)O. The molecule has 0 aliphatic carbocycles. The number of carbonyl (C=O) groups excluding carboxylic acids is 1. The van der Waals surface area contributed by atoms with Crippen LogP contribution >= 0.6 is 0 Å². The Labute approximate surface area is 121 Å². The predicted octanol–water partition coefficient (Wildman–Crippen LogP) is 2.23. The quantitative estimate of drug-likeness (QED) is 0.472. The van der Waals surface area contributed by atoms with E-state index in [2.05, 4.69) is 16.6 Å². The highest BCUT2D eigenvalue weighted by molar-refractivity contribution is 5.75. The van der Waals surface area contributed by atoms with Crippen LogP contribution in [0.3, 0.4) is 0 Å². The van der Waals surface area contributed by atoms with Crippen LogP contribution in [0, 0.1) is 23.7 Å². The van der Waals surface area contributed by atoms with E-state index in [-0.39, 0.29) is 18.0 Å². The van der Waals surface area contributed by atoms with E-state index in [4.69, 9.17) is 11.5 Å². The number of rotatable bonds is 8. The average molecular weight is 282 g/mol. The molecule has 0 aliphatic rings. The Balaban J connectivity index is 3.95. The fourth-order valence-corrected chi connectivity index (χ4v) is 1.82.